The lowest BCUT2D eigenvalue weighted by atomic mass is 10.1. The van der Waals surface area contributed by atoms with Gasteiger partial charge in [0, 0.05) is 31.1 Å². The van der Waals surface area contributed by atoms with Gasteiger partial charge in [-0.2, -0.15) is 4.99 Å². The average molecular weight is 569 g/mol. The predicted molar refractivity (Wildman–Crippen MR) is 137 cm³/mol. The maximum atomic E-state index is 13.1. The highest BCUT2D eigenvalue weighted by molar-refractivity contribution is 7.07. The molecule has 0 aliphatic heterocycles. The Balaban J connectivity index is 1.91. The molecule has 10 nitrogen and oxygen atoms in total. The van der Waals surface area contributed by atoms with E-state index in [1.54, 1.807) is 22.1 Å². The van der Waals surface area contributed by atoms with E-state index in [1.807, 2.05) is 0 Å². The van der Waals surface area contributed by atoms with Gasteiger partial charge in [-0.05, 0) is 48.4 Å². The summed E-state index contributed by atoms with van der Waals surface area (Å²) in [4.78, 5) is 29.5. The highest BCUT2D eigenvalue weighted by Gasteiger charge is 2.31. The summed E-state index contributed by atoms with van der Waals surface area (Å²) >= 11 is 1.18. The van der Waals surface area contributed by atoms with Gasteiger partial charge in [0.2, 0.25) is 0 Å². The van der Waals surface area contributed by atoms with Gasteiger partial charge in [-0.25, -0.2) is 4.79 Å². The SMILES string of the molecule is COc1ccc(C(=O)N=c2scc(-c3ccc(OC(F)(F)F)cc3)n2CCCNC(=O)NCCO)c(OC)c1. The minimum atomic E-state index is -4.81. The van der Waals surface area contributed by atoms with Crippen molar-refractivity contribution in [3.8, 4) is 28.5 Å². The van der Waals surface area contributed by atoms with Crippen molar-refractivity contribution in [2.24, 2.45) is 4.99 Å². The van der Waals surface area contributed by atoms with E-state index in [-0.39, 0.29) is 36.8 Å². The number of aromatic nitrogens is 1. The molecule has 210 valence electrons. The first-order valence-electron chi connectivity index (χ1n) is 11.6. The van der Waals surface area contributed by atoms with E-state index in [9.17, 15) is 22.8 Å². The number of methoxy groups -OCH3 is 2. The second kappa shape index (κ2) is 13.7. The van der Waals surface area contributed by atoms with Crippen LogP contribution in [0.25, 0.3) is 11.3 Å². The summed E-state index contributed by atoms with van der Waals surface area (Å²) in [5, 5.41) is 15.7. The first-order valence-corrected chi connectivity index (χ1v) is 12.5. The van der Waals surface area contributed by atoms with Crippen LogP contribution in [-0.4, -0.2) is 61.9 Å². The summed E-state index contributed by atoms with van der Waals surface area (Å²) in [7, 11) is 2.91. The number of amides is 3. The van der Waals surface area contributed by atoms with E-state index >= 15 is 0 Å². The van der Waals surface area contributed by atoms with Crippen molar-refractivity contribution in [3.63, 3.8) is 0 Å². The number of hydrogen-bond acceptors (Lipinski definition) is 7. The van der Waals surface area contributed by atoms with E-state index in [0.29, 0.717) is 34.8 Å². The Morgan fingerprint density at radius 1 is 1.03 bits per heavy atom. The number of ether oxygens (including phenoxy) is 3. The minimum absolute atomic E-state index is 0.114. The highest BCUT2D eigenvalue weighted by Crippen LogP contribution is 2.28. The number of aliphatic hydroxyl groups excluding tert-OH is 1. The lowest BCUT2D eigenvalue weighted by molar-refractivity contribution is -0.274. The van der Waals surface area contributed by atoms with Crippen molar-refractivity contribution in [2.45, 2.75) is 19.3 Å². The average Bonchev–Trinajstić information content (AvgIpc) is 3.30. The third kappa shape index (κ3) is 8.48. The van der Waals surface area contributed by atoms with Gasteiger partial charge in [-0.1, -0.05) is 0 Å². The first-order chi connectivity index (χ1) is 18.6. The van der Waals surface area contributed by atoms with Crippen molar-refractivity contribution in [1.29, 1.82) is 0 Å². The molecule has 1 heterocycles. The van der Waals surface area contributed by atoms with Crippen LogP contribution in [0.3, 0.4) is 0 Å². The fraction of sp³-hybridized carbons (Fsp3) is 0.320. The number of nitrogens with zero attached hydrogens (tertiary/aromatic N) is 2. The van der Waals surface area contributed by atoms with Crippen LogP contribution in [0.5, 0.6) is 17.2 Å². The van der Waals surface area contributed by atoms with Crippen molar-refractivity contribution < 1.29 is 42.1 Å². The smallest absolute Gasteiger partial charge is 0.497 e. The molecule has 0 aliphatic rings. The summed E-state index contributed by atoms with van der Waals surface area (Å²) in [6, 6.07) is 9.61. The molecule has 3 rings (SSSR count). The molecule has 0 bridgehead atoms. The molecule has 0 saturated carbocycles. The van der Waals surface area contributed by atoms with Crippen molar-refractivity contribution in [3.05, 3.63) is 58.2 Å². The number of aliphatic hydroxyl groups is 1. The molecule has 2 aromatic carbocycles. The number of hydrogen-bond donors (Lipinski definition) is 3. The van der Waals surface area contributed by atoms with E-state index in [2.05, 4.69) is 20.4 Å². The Morgan fingerprint density at radius 2 is 1.72 bits per heavy atom. The van der Waals surface area contributed by atoms with Crippen LogP contribution in [0.4, 0.5) is 18.0 Å². The van der Waals surface area contributed by atoms with Crippen LogP contribution in [-0.2, 0) is 6.54 Å². The zero-order valence-electron chi connectivity index (χ0n) is 21.1. The normalized spacial score (nSPS) is 11.7. The molecule has 0 aliphatic carbocycles. The van der Waals surface area contributed by atoms with Gasteiger partial charge in [0.1, 0.15) is 17.2 Å². The Bertz CT molecular complexity index is 1340. The minimum Gasteiger partial charge on any atom is -0.497 e. The van der Waals surface area contributed by atoms with E-state index in [1.165, 1.54) is 55.9 Å². The molecule has 0 spiro atoms. The summed E-state index contributed by atoms with van der Waals surface area (Å²) in [5.41, 5.74) is 1.40. The number of benzene rings is 2. The maximum absolute atomic E-state index is 13.1. The molecule has 3 amide bonds. The Hall–Kier alpha value is -4.04. The summed E-state index contributed by atoms with van der Waals surface area (Å²) in [6.45, 7) is 0.527. The van der Waals surface area contributed by atoms with Crippen molar-refractivity contribution in [2.75, 3.05) is 33.9 Å². The molecule has 14 heteroatoms. The standard InChI is InChI=1S/C25H27F3N4O6S/c1-36-18-8-9-19(21(14-18)37-2)22(34)31-24-32(12-3-10-29-23(35)30-11-13-33)20(15-39-24)16-4-6-17(7-5-16)38-25(26,27)28/h4-9,14-15,33H,3,10-13H2,1-2H3,(H2,29,30,35). The Kier molecular flexibility index (Phi) is 10.3. The molecule has 39 heavy (non-hydrogen) atoms. The second-order valence-corrected chi connectivity index (χ2v) is 8.71. The Labute approximate surface area is 225 Å². The summed E-state index contributed by atoms with van der Waals surface area (Å²) in [5.74, 6) is -0.139. The van der Waals surface area contributed by atoms with Crippen LogP contribution in [0.15, 0.2) is 52.8 Å². The molecule has 3 aromatic rings. The molecule has 3 N–H and O–H groups in total. The van der Waals surface area contributed by atoms with Gasteiger partial charge in [-0.15, -0.1) is 24.5 Å². The van der Waals surface area contributed by atoms with Gasteiger partial charge in [0.05, 0.1) is 32.1 Å². The molecule has 0 unspecified atom stereocenters. The van der Waals surface area contributed by atoms with E-state index in [0.717, 1.165) is 0 Å². The van der Waals surface area contributed by atoms with Gasteiger partial charge in [-0.3, -0.25) is 4.79 Å². The number of alkyl halides is 3. The van der Waals surface area contributed by atoms with E-state index < -0.39 is 18.3 Å². The molecule has 0 atom stereocenters. The van der Waals surface area contributed by atoms with Gasteiger partial charge in [0.25, 0.3) is 5.91 Å². The number of carbonyl (C=O) groups is 2. The van der Waals surface area contributed by atoms with Crippen molar-refractivity contribution >= 4 is 23.3 Å². The zero-order valence-corrected chi connectivity index (χ0v) is 21.9. The summed E-state index contributed by atoms with van der Waals surface area (Å²) in [6.07, 6.45) is -4.37. The lowest BCUT2D eigenvalue weighted by Crippen LogP contribution is -2.37. The predicted octanol–water partition coefficient (Wildman–Crippen LogP) is 3.56. The van der Waals surface area contributed by atoms with Gasteiger partial charge < -0.3 is 34.5 Å². The highest BCUT2D eigenvalue weighted by atomic mass is 32.1. The first kappa shape index (κ1) is 29.5. The number of urea groups is 1. The third-order valence-corrected chi connectivity index (χ3v) is 6.12. The number of nitrogens with one attached hydrogen (secondary N) is 2. The van der Waals surface area contributed by atoms with Crippen LogP contribution in [0.2, 0.25) is 0 Å². The third-order valence-electron chi connectivity index (χ3n) is 5.26. The maximum Gasteiger partial charge on any atom is 0.573 e. The lowest BCUT2D eigenvalue weighted by Gasteiger charge is -2.12. The Morgan fingerprint density at radius 3 is 2.36 bits per heavy atom. The molecular formula is C25H27F3N4O6S. The molecule has 1 aromatic heterocycles. The van der Waals surface area contributed by atoms with Crippen molar-refractivity contribution in [1.82, 2.24) is 15.2 Å². The summed E-state index contributed by atoms with van der Waals surface area (Å²) < 4.78 is 53.8. The fourth-order valence-electron chi connectivity index (χ4n) is 3.49. The zero-order chi connectivity index (χ0) is 28.4. The molecule has 0 saturated heterocycles. The number of carbonyl (C=O) groups excluding carboxylic acids is 2. The molecule has 0 radical (unpaired) electrons. The molecular weight excluding hydrogens is 541 g/mol. The quantitative estimate of drug-likeness (QED) is 0.304. The van der Waals surface area contributed by atoms with Gasteiger partial charge in [0.15, 0.2) is 4.80 Å². The van der Waals surface area contributed by atoms with Crippen LogP contribution in [0.1, 0.15) is 16.8 Å². The largest absolute Gasteiger partial charge is 0.573 e. The van der Waals surface area contributed by atoms with Crippen LogP contribution < -0.4 is 29.6 Å². The molecule has 0 fully saturated rings. The number of halogens is 3. The number of rotatable bonds is 11. The second-order valence-electron chi connectivity index (χ2n) is 7.87. The fourth-order valence-corrected chi connectivity index (χ4v) is 4.42. The number of thiazole rings is 1. The van der Waals surface area contributed by atoms with E-state index in [4.69, 9.17) is 14.6 Å². The monoisotopic (exact) mass is 568 g/mol. The topological polar surface area (TPSA) is 123 Å². The van der Waals surface area contributed by atoms with Gasteiger partial charge >= 0.3 is 12.4 Å². The van der Waals surface area contributed by atoms with Crippen LogP contribution in [0, 0.1) is 0 Å². The van der Waals surface area contributed by atoms with Crippen LogP contribution >= 0.6 is 11.3 Å².